The first-order chi connectivity index (χ1) is 8.09. The van der Waals surface area contributed by atoms with Crippen LogP contribution in [0.15, 0.2) is 18.2 Å². The van der Waals surface area contributed by atoms with Crippen LogP contribution in [-0.2, 0) is 4.79 Å². The van der Waals surface area contributed by atoms with Gasteiger partial charge in [-0.05, 0) is 43.9 Å². The van der Waals surface area contributed by atoms with Crippen molar-refractivity contribution in [3.05, 3.63) is 29.3 Å². The van der Waals surface area contributed by atoms with E-state index in [2.05, 4.69) is 36.9 Å². The lowest BCUT2D eigenvalue weighted by atomic mass is 9.96. The highest BCUT2D eigenvalue weighted by atomic mass is 16.4. The van der Waals surface area contributed by atoms with Crippen molar-refractivity contribution in [1.82, 2.24) is 0 Å². The highest BCUT2D eigenvalue weighted by Crippen LogP contribution is 2.27. The molecule has 17 heavy (non-hydrogen) atoms. The lowest BCUT2D eigenvalue weighted by Gasteiger charge is -2.33. The second-order valence-electron chi connectivity index (χ2n) is 4.82. The van der Waals surface area contributed by atoms with Crippen LogP contribution in [0.3, 0.4) is 0 Å². The molecule has 0 amide bonds. The normalized spacial score (nSPS) is 17.2. The molecular formula is C14H19NO2. The Hall–Kier alpha value is -1.51. The number of nitrogens with zero attached hydrogens (tertiary/aromatic N) is 1. The highest BCUT2D eigenvalue weighted by Gasteiger charge is 2.25. The molecule has 1 N–H and O–H groups in total. The smallest absolute Gasteiger partial charge is 0.306 e. The molecule has 1 heterocycles. The molecule has 3 nitrogen and oxygen atoms in total. The third-order valence-corrected chi connectivity index (χ3v) is 3.76. The van der Waals surface area contributed by atoms with Crippen molar-refractivity contribution in [3.8, 4) is 0 Å². The van der Waals surface area contributed by atoms with E-state index in [-0.39, 0.29) is 5.92 Å². The SMILES string of the molecule is Cc1cccc(N2CCC(C(=O)O)CC2)c1C. The van der Waals surface area contributed by atoms with E-state index >= 15 is 0 Å². The van der Waals surface area contributed by atoms with Crippen LogP contribution < -0.4 is 4.90 Å². The molecule has 1 aliphatic rings. The fraction of sp³-hybridized carbons (Fsp3) is 0.500. The topological polar surface area (TPSA) is 40.5 Å². The van der Waals surface area contributed by atoms with E-state index in [1.807, 2.05) is 0 Å². The molecule has 92 valence electrons. The Labute approximate surface area is 102 Å². The van der Waals surface area contributed by atoms with Crippen molar-refractivity contribution in [2.24, 2.45) is 5.92 Å². The standard InChI is InChI=1S/C14H19NO2/c1-10-4-3-5-13(11(10)2)15-8-6-12(7-9-15)14(16)17/h3-5,12H,6-9H2,1-2H3,(H,16,17). The quantitative estimate of drug-likeness (QED) is 0.853. The third kappa shape index (κ3) is 2.43. The molecule has 0 atom stereocenters. The monoisotopic (exact) mass is 233 g/mol. The average molecular weight is 233 g/mol. The van der Waals surface area contributed by atoms with Gasteiger partial charge in [-0.1, -0.05) is 12.1 Å². The molecule has 1 saturated heterocycles. The van der Waals surface area contributed by atoms with Gasteiger partial charge in [-0.25, -0.2) is 0 Å². The van der Waals surface area contributed by atoms with E-state index in [9.17, 15) is 4.79 Å². The predicted molar refractivity (Wildman–Crippen MR) is 68.5 cm³/mol. The largest absolute Gasteiger partial charge is 0.481 e. The Kier molecular flexibility index (Phi) is 3.36. The van der Waals surface area contributed by atoms with Crippen LogP contribution in [0.5, 0.6) is 0 Å². The summed E-state index contributed by atoms with van der Waals surface area (Å²) in [6.07, 6.45) is 1.51. The summed E-state index contributed by atoms with van der Waals surface area (Å²) >= 11 is 0. The zero-order chi connectivity index (χ0) is 12.4. The van der Waals surface area contributed by atoms with Gasteiger partial charge < -0.3 is 10.0 Å². The number of anilines is 1. The molecule has 0 radical (unpaired) electrons. The first-order valence-electron chi connectivity index (χ1n) is 6.13. The van der Waals surface area contributed by atoms with E-state index in [0.717, 1.165) is 25.9 Å². The van der Waals surface area contributed by atoms with Gasteiger partial charge >= 0.3 is 5.97 Å². The molecule has 3 heteroatoms. The minimum absolute atomic E-state index is 0.156. The second kappa shape index (κ2) is 4.78. The zero-order valence-corrected chi connectivity index (χ0v) is 10.4. The molecule has 0 saturated carbocycles. The van der Waals surface area contributed by atoms with Crippen molar-refractivity contribution in [2.75, 3.05) is 18.0 Å². The van der Waals surface area contributed by atoms with Gasteiger partial charge in [-0.3, -0.25) is 4.79 Å². The van der Waals surface area contributed by atoms with E-state index in [1.165, 1.54) is 16.8 Å². The Morgan fingerprint density at radius 1 is 1.29 bits per heavy atom. The Morgan fingerprint density at radius 2 is 1.94 bits per heavy atom. The molecule has 1 fully saturated rings. The summed E-state index contributed by atoms with van der Waals surface area (Å²) in [5.74, 6) is -0.804. The van der Waals surface area contributed by atoms with Crippen LogP contribution in [0.2, 0.25) is 0 Å². The number of carbonyl (C=O) groups is 1. The molecule has 0 bridgehead atoms. The van der Waals surface area contributed by atoms with Crippen LogP contribution in [0, 0.1) is 19.8 Å². The van der Waals surface area contributed by atoms with E-state index in [4.69, 9.17) is 5.11 Å². The lowest BCUT2D eigenvalue weighted by molar-refractivity contribution is -0.142. The van der Waals surface area contributed by atoms with Crippen molar-refractivity contribution in [3.63, 3.8) is 0 Å². The maximum atomic E-state index is 10.9. The van der Waals surface area contributed by atoms with E-state index < -0.39 is 5.97 Å². The first-order valence-corrected chi connectivity index (χ1v) is 6.13. The van der Waals surface area contributed by atoms with Gasteiger partial charge in [0.15, 0.2) is 0 Å². The number of benzene rings is 1. The molecule has 1 aromatic rings. The zero-order valence-electron chi connectivity index (χ0n) is 10.4. The van der Waals surface area contributed by atoms with Crippen LogP contribution in [0.4, 0.5) is 5.69 Å². The molecule has 1 aliphatic heterocycles. The maximum absolute atomic E-state index is 10.9. The minimum atomic E-state index is -0.648. The van der Waals surface area contributed by atoms with Crippen LogP contribution in [0.25, 0.3) is 0 Å². The van der Waals surface area contributed by atoms with E-state index in [0.29, 0.717) is 0 Å². The summed E-state index contributed by atoms with van der Waals surface area (Å²) in [5, 5.41) is 8.98. The Balaban J connectivity index is 2.10. The minimum Gasteiger partial charge on any atom is -0.481 e. The first kappa shape index (κ1) is 12.0. The number of carboxylic acids is 1. The fourth-order valence-electron chi connectivity index (χ4n) is 2.45. The van der Waals surface area contributed by atoms with Crippen LogP contribution in [-0.4, -0.2) is 24.2 Å². The van der Waals surface area contributed by atoms with Crippen LogP contribution >= 0.6 is 0 Å². The number of rotatable bonds is 2. The maximum Gasteiger partial charge on any atom is 0.306 e. The molecule has 2 rings (SSSR count). The number of hydrogen-bond acceptors (Lipinski definition) is 2. The highest BCUT2D eigenvalue weighted by molar-refractivity contribution is 5.70. The van der Waals surface area contributed by atoms with Gasteiger partial charge in [0.2, 0.25) is 0 Å². The van der Waals surface area contributed by atoms with Crippen molar-refractivity contribution >= 4 is 11.7 Å². The van der Waals surface area contributed by atoms with Gasteiger partial charge in [0.25, 0.3) is 0 Å². The van der Waals surface area contributed by atoms with Gasteiger partial charge in [-0.15, -0.1) is 0 Å². The molecule has 0 spiro atoms. The summed E-state index contributed by atoms with van der Waals surface area (Å²) in [6, 6.07) is 6.31. The number of carboxylic acid groups (broad SMARTS) is 1. The van der Waals surface area contributed by atoms with Crippen LogP contribution in [0.1, 0.15) is 24.0 Å². The fourth-order valence-corrected chi connectivity index (χ4v) is 2.45. The summed E-state index contributed by atoms with van der Waals surface area (Å²) in [4.78, 5) is 13.2. The number of aliphatic carboxylic acids is 1. The van der Waals surface area contributed by atoms with Gasteiger partial charge in [-0.2, -0.15) is 0 Å². The van der Waals surface area contributed by atoms with Gasteiger partial charge in [0.05, 0.1) is 5.92 Å². The molecule has 1 aromatic carbocycles. The second-order valence-corrected chi connectivity index (χ2v) is 4.82. The summed E-state index contributed by atoms with van der Waals surface area (Å²) in [7, 11) is 0. The molecular weight excluding hydrogens is 214 g/mol. The van der Waals surface area contributed by atoms with Crippen molar-refractivity contribution < 1.29 is 9.90 Å². The summed E-state index contributed by atoms with van der Waals surface area (Å²) < 4.78 is 0. The number of aryl methyl sites for hydroxylation is 1. The summed E-state index contributed by atoms with van der Waals surface area (Å²) in [5.41, 5.74) is 3.86. The van der Waals surface area contributed by atoms with Crippen molar-refractivity contribution in [1.29, 1.82) is 0 Å². The predicted octanol–water partition coefficient (Wildman–Crippen LogP) is 2.60. The van der Waals surface area contributed by atoms with Gasteiger partial charge in [0.1, 0.15) is 0 Å². The number of piperidine rings is 1. The molecule has 0 aliphatic carbocycles. The Morgan fingerprint density at radius 3 is 2.53 bits per heavy atom. The lowest BCUT2D eigenvalue weighted by Crippen LogP contribution is -2.36. The summed E-state index contributed by atoms with van der Waals surface area (Å²) in [6.45, 7) is 5.94. The third-order valence-electron chi connectivity index (χ3n) is 3.76. The molecule has 0 unspecified atom stereocenters. The van der Waals surface area contributed by atoms with E-state index in [1.54, 1.807) is 0 Å². The van der Waals surface area contributed by atoms with Gasteiger partial charge in [0, 0.05) is 18.8 Å². The molecule has 0 aromatic heterocycles. The Bertz CT molecular complexity index is 420. The van der Waals surface area contributed by atoms with Crippen molar-refractivity contribution in [2.45, 2.75) is 26.7 Å². The average Bonchev–Trinajstić information content (AvgIpc) is 2.33. The number of hydrogen-bond donors (Lipinski definition) is 1.